The van der Waals surface area contributed by atoms with Crippen molar-refractivity contribution in [3.8, 4) is 17.6 Å². The van der Waals surface area contributed by atoms with Crippen molar-refractivity contribution in [2.45, 2.75) is 27.3 Å². The van der Waals surface area contributed by atoms with E-state index in [1.807, 2.05) is 24.6 Å². The van der Waals surface area contributed by atoms with Crippen molar-refractivity contribution >= 4 is 12.0 Å². The molecule has 0 saturated carbocycles. The molecule has 2 aromatic carbocycles. The summed E-state index contributed by atoms with van der Waals surface area (Å²) in [4.78, 5) is 12.3. The predicted molar refractivity (Wildman–Crippen MR) is 114 cm³/mol. The maximum atomic E-state index is 12.3. The molecular formula is C24H23N3O3. The lowest BCUT2D eigenvalue weighted by atomic mass is 10.1. The number of ether oxygens (including phenoxy) is 2. The van der Waals surface area contributed by atoms with Crippen molar-refractivity contribution in [3.63, 3.8) is 0 Å². The molecule has 0 atom stereocenters. The second-order valence-corrected chi connectivity index (χ2v) is 6.96. The number of aryl methyl sites for hydroxylation is 2. The molecule has 0 N–H and O–H groups in total. The van der Waals surface area contributed by atoms with Crippen molar-refractivity contribution in [1.82, 2.24) is 9.78 Å². The Balaban J connectivity index is 1.74. The van der Waals surface area contributed by atoms with Gasteiger partial charge in [-0.1, -0.05) is 29.8 Å². The molecule has 0 amide bonds. The number of esters is 1. The van der Waals surface area contributed by atoms with Crippen LogP contribution in [0.1, 0.15) is 33.6 Å². The smallest absolute Gasteiger partial charge is 0.336 e. The first-order valence-electron chi connectivity index (χ1n) is 9.49. The van der Waals surface area contributed by atoms with Gasteiger partial charge in [0.05, 0.1) is 31.0 Å². The van der Waals surface area contributed by atoms with Crippen molar-refractivity contribution in [2.75, 3.05) is 7.11 Å². The standard InChI is InChI=1S/C24H23N3O3/c1-16-5-7-19(8-6-16)15-27-18(3)21(17(2)26-27)10-12-24(28)30-22-11-9-20(14-25)13-23(22)29-4/h5-13H,15H2,1-4H3/b12-10+. The van der Waals surface area contributed by atoms with Crippen LogP contribution >= 0.6 is 0 Å². The Hall–Kier alpha value is -3.85. The number of carbonyl (C=O) groups excluding carboxylic acids is 1. The van der Waals surface area contributed by atoms with Crippen LogP contribution in [0.3, 0.4) is 0 Å². The van der Waals surface area contributed by atoms with Crippen molar-refractivity contribution < 1.29 is 14.3 Å². The summed E-state index contributed by atoms with van der Waals surface area (Å²) in [6, 6.07) is 15.0. The fraction of sp³-hybridized carbons (Fsp3) is 0.208. The number of carbonyl (C=O) groups is 1. The van der Waals surface area contributed by atoms with Crippen LogP contribution in [0.5, 0.6) is 11.5 Å². The molecule has 1 aromatic heterocycles. The van der Waals surface area contributed by atoms with E-state index in [4.69, 9.17) is 14.7 Å². The molecule has 3 rings (SSSR count). The molecule has 0 radical (unpaired) electrons. The number of hydrogen-bond donors (Lipinski definition) is 0. The average Bonchev–Trinajstić information content (AvgIpc) is 3.01. The van der Waals surface area contributed by atoms with Crippen LogP contribution < -0.4 is 9.47 Å². The van der Waals surface area contributed by atoms with Crippen molar-refractivity contribution in [3.05, 3.63) is 82.2 Å². The summed E-state index contributed by atoms with van der Waals surface area (Å²) in [6.07, 6.45) is 3.08. The van der Waals surface area contributed by atoms with Gasteiger partial charge in [0.25, 0.3) is 0 Å². The number of nitrogens with zero attached hydrogens (tertiary/aromatic N) is 3. The molecule has 6 heteroatoms. The molecule has 1 heterocycles. The molecule has 152 valence electrons. The molecule has 0 bridgehead atoms. The van der Waals surface area contributed by atoms with Gasteiger partial charge in [0.15, 0.2) is 11.5 Å². The number of methoxy groups -OCH3 is 1. The molecule has 0 aliphatic heterocycles. The third-order valence-electron chi connectivity index (χ3n) is 4.78. The van der Waals surface area contributed by atoms with Crippen LogP contribution in [-0.4, -0.2) is 22.9 Å². The third kappa shape index (κ3) is 4.76. The summed E-state index contributed by atoms with van der Waals surface area (Å²) >= 11 is 0. The fourth-order valence-electron chi connectivity index (χ4n) is 3.09. The number of hydrogen-bond acceptors (Lipinski definition) is 5. The second-order valence-electron chi connectivity index (χ2n) is 6.96. The lowest BCUT2D eigenvalue weighted by Gasteiger charge is -2.07. The lowest BCUT2D eigenvalue weighted by molar-refractivity contribution is -0.129. The van der Waals surface area contributed by atoms with Crippen LogP contribution in [0.25, 0.3) is 6.08 Å². The third-order valence-corrected chi connectivity index (χ3v) is 4.78. The highest BCUT2D eigenvalue weighted by Gasteiger charge is 2.12. The minimum Gasteiger partial charge on any atom is -0.493 e. The van der Waals surface area contributed by atoms with Crippen LogP contribution in [0, 0.1) is 32.1 Å². The Kier molecular flexibility index (Phi) is 6.33. The van der Waals surface area contributed by atoms with Gasteiger partial charge < -0.3 is 9.47 Å². The second kappa shape index (κ2) is 9.10. The highest BCUT2D eigenvalue weighted by Crippen LogP contribution is 2.28. The minimum absolute atomic E-state index is 0.259. The van der Waals surface area contributed by atoms with Crippen molar-refractivity contribution in [1.29, 1.82) is 5.26 Å². The van der Waals surface area contributed by atoms with E-state index in [1.165, 1.54) is 24.8 Å². The number of aromatic nitrogens is 2. The van der Waals surface area contributed by atoms with Crippen LogP contribution in [0.15, 0.2) is 48.5 Å². The van der Waals surface area contributed by atoms with Crippen LogP contribution in [0.4, 0.5) is 0 Å². The van der Waals surface area contributed by atoms with Gasteiger partial charge in [-0.3, -0.25) is 4.68 Å². The van der Waals surface area contributed by atoms with E-state index >= 15 is 0 Å². The molecule has 3 aromatic rings. The van der Waals surface area contributed by atoms with Crippen LogP contribution in [-0.2, 0) is 11.3 Å². The number of rotatable bonds is 6. The van der Waals surface area contributed by atoms with Gasteiger partial charge in [0.2, 0.25) is 0 Å². The topological polar surface area (TPSA) is 77.1 Å². The summed E-state index contributed by atoms with van der Waals surface area (Å²) < 4.78 is 12.5. The van der Waals surface area contributed by atoms with Gasteiger partial charge in [-0.2, -0.15) is 10.4 Å². The maximum absolute atomic E-state index is 12.3. The Morgan fingerprint density at radius 2 is 1.87 bits per heavy atom. The number of benzene rings is 2. The first-order valence-corrected chi connectivity index (χ1v) is 9.49. The zero-order chi connectivity index (χ0) is 21.7. The van der Waals surface area contributed by atoms with Gasteiger partial charge in [-0.15, -0.1) is 0 Å². The molecule has 0 unspecified atom stereocenters. The summed E-state index contributed by atoms with van der Waals surface area (Å²) in [5.74, 6) is 0.0480. The molecule has 6 nitrogen and oxygen atoms in total. The van der Waals surface area contributed by atoms with Crippen LogP contribution in [0.2, 0.25) is 0 Å². The molecule has 0 aliphatic carbocycles. The van der Waals surface area contributed by atoms with Crippen molar-refractivity contribution in [2.24, 2.45) is 0 Å². The quantitative estimate of drug-likeness (QED) is 0.348. The Morgan fingerprint density at radius 1 is 1.13 bits per heavy atom. The van der Waals surface area contributed by atoms with E-state index in [0.29, 0.717) is 17.9 Å². The van der Waals surface area contributed by atoms with Gasteiger partial charge in [0.1, 0.15) is 0 Å². The minimum atomic E-state index is -0.539. The summed E-state index contributed by atoms with van der Waals surface area (Å²) in [5, 5.41) is 13.6. The van der Waals surface area contributed by atoms with E-state index in [9.17, 15) is 4.79 Å². The van der Waals surface area contributed by atoms with Gasteiger partial charge in [0, 0.05) is 23.4 Å². The van der Waals surface area contributed by atoms with E-state index in [1.54, 1.807) is 18.2 Å². The zero-order valence-corrected chi connectivity index (χ0v) is 17.5. The Bertz CT molecular complexity index is 1140. The monoisotopic (exact) mass is 401 g/mol. The molecule has 0 fully saturated rings. The highest BCUT2D eigenvalue weighted by molar-refractivity contribution is 5.89. The predicted octanol–water partition coefficient (Wildman–Crippen LogP) is 4.36. The zero-order valence-electron chi connectivity index (χ0n) is 17.5. The van der Waals surface area contributed by atoms with Gasteiger partial charge in [-0.25, -0.2) is 4.79 Å². The maximum Gasteiger partial charge on any atom is 0.336 e. The molecular weight excluding hydrogens is 378 g/mol. The van der Waals surface area contributed by atoms with Gasteiger partial charge in [-0.05, 0) is 44.5 Å². The van der Waals surface area contributed by atoms with Gasteiger partial charge >= 0.3 is 5.97 Å². The van der Waals surface area contributed by atoms with E-state index in [0.717, 1.165) is 22.5 Å². The Morgan fingerprint density at radius 3 is 2.53 bits per heavy atom. The molecule has 0 spiro atoms. The van der Waals surface area contributed by atoms with E-state index < -0.39 is 5.97 Å². The first kappa shape index (κ1) is 20.9. The highest BCUT2D eigenvalue weighted by atomic mass is 16.6. The summed E-state index contributed by atoms with van der Waals surface area (Å²) in [7, 11) is 1.46. The number of nitriles is 1. The molecule has 0 saturated heterocycles. The fourth-order valence-corrected chi connectivity index (χ4v) is 3.09. The van der Waals surface area contributed by atoms with E-state index in [2.05, 4.69) is 36.3 Å². The normalized spacial score (nSPS) is 10.8. The summed E-state index contributed by atoms with van der Waals surface area (Å²) in [5.41, 5.74) is 5.48. The lowest BCUT2D eigenvalue weighted by Crippen LogP contribution is -2.05. The average molecular weight is 401 g/mol. The molecule has 0 aliphatic rings. The largest absolute Gasteiger partial charge is 0.493 e. The summed E-state index contributed by atoms with van der Waals surface area (Å²) in [6.45, 7) is 6.60. The Labute approximate surface area is 176 Å². The SMILES string of the molecule is COc1cc(C#N)ccc1OC(=O)/C=C/c1c(C)nn(Cc2ccc(C)cc2)c1C. The first-order chi connectivity index (χ1) is 14.4. The molecule has 30 heavy (non-hydrogen) atoms. The van der Waals surface area contributed by atoms with E-state index in [-0.39, 0.29) is 5.75 Å².